The van der Waals surface area contributed by atoms with E-state index in [4.69, 9.17) is 0 Å². The Labute approximate surface area is 172 Å². The number of carbonyl (C=O) groups excluding carboxylic acids is 2. The minimum atomic E-state index is -0.172. The molecule has 6 nitrogen and oxygen atoms in total. The second-order valence-electron chi connectivity index (χ2n) is 6.28. The fourth-order valence-electron chi connectivity index (χ4n) is 2.72. The number of anilines is 1. The molecule has 0 aliphatic heterocycles. The number of halogens is 1. The van der Waals surface area contributed by atoms with Crippen LogP contribution in [0.2, 0.25) is 0 Å². The molecule has 0 fully saturated rings. The summed E-state index contributed by atoms with van der Waals surface area (Å²) in [5, 5.41) is 9.90. The Bertz CT molecular complexity index is 940. The number of amides is 2. The summed E-state index contributed by atoms with van der Waals surface area (Å²) < 4.78 is 2.72. The predicted molar refractivity (Wildman–Crippen MR) is 112 cm³/mol. The largest absolute Gasteiger partial charge is 0.355 e. The van der Waals surface area contributed by atoms with E-state index in [0.717, 1.165) is 15.6 Å². The van der Waals surface area contributed by atoms with E-state index in [9.17, 15) is 9.59 Å². The molecule has 0 unspecified atom stereocenters. The first kappa shape index (κ1) is 19.8. The average Bonchev–Trinajstić information content (AvgIpc) is 3.11. The van der Waals surface area contributed by atoms with Crippen molar-refractivity contribution in [2.45, 2.75) is 19.4 Å². The van der Waals surface area contributed by atoms with Crippen LogP contribution in [0.15, 0.2) is 71.3 Å². The molecule has 0 bridgehead atoms. The highest BCUT2D eigenvalue weighted by Crippen LogP contribution is 2.18. The highest BCUT2D eigenvalue weighted by atomic mass is 79.9. The van der Waals surface area contributed by atoms with Gasteiger partial charge in [-0.25, -0.2) is 4.68 Å². The van der Waals surface area contributed by atoms with Crippen LogP contribution < -0.4 is 10.6 Å². The first-order valence-electron chi connectivity index (χ1n) is 8.97. The van der Waals surface area contributed by atoms with Gasteiger partial charge in [-0.15, -0.1) is 0 Å². The number of hydrogen-bond donors (Lipinski definition) is 2. The van der Waals surface area contributed by atoms with Crippen LogP contribution in [0.3, 0.4) is 0 Å². The maximum Gasteiger partial charge on any atom is 0.227 e. The van der Waals surface area contributed by atoms with Crippen molar-refractivity contribution >= 4 is 33.6 Å². The van der Waals surface area contributed by atoms with Gasteiger partial charge in [0.2, 0.25) is 11.8 Å². The molecule has 2 N–H and O–H groups in total. The summed E-state index contributed by atoms with van der Waals surface area (Å²) in [5.74, 6) is 0.350. The maximum absolute atomic E-state index is 12.2. The topological polar surface area (TPSA) is 76.0 Å². The molecule has 0 spiro atoms. The molecule has 1 aromatic heterocycles. The molecule has 0 radical (unpaired) electrons. The molecule has 0 atom stereocenters. The normalized spacial score (nSPS) is 10.5. The zero-order chi connectivity index (χ0) is 19.8. The van der Waals surface area contributed by atoms with Gasteiger partial charge >= 0.3 is 0 Å². The van der Waals surface area contributed by atoms with Crippen LogP contribution in [0.1, 0.15) is 17.5 Å². The fourth-order valence-corrected chi connectivity index (χ4v) is 3.13. The first-order valence-corrected chi connectivity index (χ1v) is 9.77. The monoisotopic (exact) mass is 440 g/mol. The number of nitrogens with zero attached hydrogens (tertiary/aromatic N) is 2. The van der Waals surface area contributed by atoms with Crippen molar-refractivity contribution < 1.29 is 9.59 Å². The van der Waals surface area contributed by atoms with Crippen LogP contribution >= 0.6 is 15.9 Å². The van der Waals surface area contributed by atoms with Crippen molar-refractivity contribution in [3.05, 3.63) is 82.5 Å². The third kappa shape index (κ3) is 5.79. The number of benzene rings is 2. The molecule has 28 heavy (non-hydrogen) atoms. The number of hydrogen-bond acceptors (Lipinski definition) is 3. The van der Waals surface area contributed by atoms with Crippen molar-refractivity contribution in [2.24, 2.45) is 0 Å². The molecule has 3 aromatic rings. The number of rotatable bonds is 8. The van der Waals surface area contributed by atoms with E-state index in [-0.39, 0.29) is 24.8 Å². The molecule has 0 aliphatic rings. The van der Waals surface area contributed by atoms with Crippen molar-refractivity contribution in [3.8, 4) is 0 Å². The van der Waals surface area contributed by atoms with E-state index in [1.165, 1.54) is 0 Å². The highest BCUT2D eigenvalue weighted by Gasteiger charge is 2.10. The van der Waals surface area contributed by atoms with Crippen molar-refractivity contribution in [2.75, 3.05) is 11.9 Å². The molecule has 2 amide bonds. The molecule has 7 heteroatoms. The summed E-state index contributed by atoms with van der Waals surface area (Å²) in [4.78, 5) is 24.1. The minimum Gasteiger partial charge on any atom is -0.355 e. The number of carbonyl (C=O) groups is 2. The summed E-state index contributed by atoms with van der Waals surface area (Å²) in [6.45, 7) is 0.827. The summed E-state index contributed by atoms with van der Waals surface area (Å²) >= 11 is 3.52. The number of aromatic nitrogens is 2. The zero-order valence-corrected chi connectivity index (χ0v) is 16.9. The highest BCUT2D eigenvalue weighted by molar-refractivity contribution is 9.10. The van der Waals surface area contributed by atoms with Gasteiger partial charge in [0.15, 0.2) is 0 Å². The molecule has 2 aromatic carbocycles. The van der Waals surface area contributed by atoms with Gasteiger partial charge < -0.3 is 10.6 Å². The van der Waals surface area contributed by atoms with E-state index < -0.39 is 0 Å². The third-order valence-corrected chi connectivity index (χ3v) is 4.92. The second-order valence-corrected chi connectivity index (χ2v) is 7.13. The first-order chi connectivity index (χ1) is 13.6. The van der Waals surface area contributed by atoms with Crippen LogP contribution in [0.4, 0.5) is 5.82 Å². The molecule has 1 heterocycles. The van der Waals surface area contributed by atoms with E-state index in [1.54, 1.807) is 16.9 Å². The quantitative estimate of drug-likeness (QED) is 0.563. The maximum atomic E-state index is 12.2. The predicted octanol–water partition coefficient (Wildman–Crippen LogP) is 3.38. The van der Waals surface area contributed by atoms with Gasteiger partial charge in [-0.2, -0.15) is 5.10 Å². The van der Waals surface area contributed by atoms with Gasteiger partial charge in [0.25, 0.3) is 0 Å². The van der Waals surface area contributed by atoms with Gasteiger partial charge in [-0.1, -0.05) is 64.5 Å². The van der Waals surface area contributed by atoms with Crippen LogP contribution in [-0.4, -0.2) is 28.1 Å². The average molecular weight is 441 g/mol. The van der Waals surface area contributed by atoms with Crippen molar-refractivity contribution in [1.82, 2.24) is 15.1 Å². The Morgan fingerprint density at radius 1 is 0.964 bits per heavy atom. The Balaban J connectivity index is 1.46. The summed E-state index contributed by atoms with van der Waals surface area (Å²) in [7, 11) is 0. The summed E-state index contributed by atoms with van der Waals surface area (Å²) in [6, 6.07) is 19.1. The number of nitrogens with one attached hydrogen (secondary N) is 2. The second kappa shape index (κ2) is 9.85. The van der Waals surface area contributed by atoms with E-state index in [0.29, 0.717) is 18.8 Å². The van der Waals surface area contributed by atoms with Crippen LogP contribution in [0.25, 0.3) is 0 Å². The van der Waals surface area contributed by atoms with E-state index in [1.807, 2.05) is 54.6 Å². The molecule has 0 aliphatic carbocycles. The zero-order valence-electron chi connectivity index (χ0n) is 15.3. The molecule has 144 valence electrons. The molecule has 0 saturated carbocycles. The Hall–Kier alpha value is -2.93. The van der Waals surface area contributed by atoms with Gasteiger partial charge in [0.05, 0.1) is 19.2 Å². The third-order valence-electron chi connectivity index (χ3n) is 4.14. The lowest BCUT2D eigenvalue weighted by Crippen LogP contribution is -2.29. The minimum absolute atomic E-state index is 0.0991. The van der Waals surface area contributed by atoms with Crippen LogP contribution in [0, 0.1) is 0 Å². The lowest BCUT2D eigenvalue weighted by atomic mass is 10.1. The summed E-state index contributed by atoms with van der Waals surface area (Å²) in [5.41, 5.74) is 2.01. The van der Waals surface area contributed by atoms with Crippen molar-refractivity contribution in [1.29, 1.82) is 0 Å². The van der Waals surface area contributed by atoms with Gasteiger partial charge in [0.1, 0.15) is 5.82 Å². The fraction of sp³-hybridized carbons (Fsp3) is 0.190. The molecular weight excluding hydrogens is 420 g/mol. The smallest absolute Gasteiger partial charge is 0.227 e. The standard InChI is InChI=1S/C21H21BrN4O2/c22-18-9-5-4-8-17(18)15-26-19(10-13-24-26)25-20(27)11-12-23-21(28)14-16-6-2-1-3-7-16/h1-10,13H,11-12,14-15H2,(H,23,28)(H,25,27). The summed E-state index contributed by atoms with van der Waals surface area (Å²) in [6.07, 6.45) is 2.15. The van der Waals surface area contributed by atoms with Crippen molar-refractivity contribution in [3.63, 3.8) is 0 Å². The van der Waals surface area contributed by atoms with Crippen LogP contribution in [-0.2, 0) is 22.6 Å². The van der Waals surface area contributed by atoms with Gasteiger partial charge in [-0.3, -0.25) is 9.59 Å². The van der Waals surface area contributed by atoms with E-state index in [2.05, 4.69) is 31.7 Å². The Morgan fingerprint density at radius 2 is 1.71 bits per heavy atom. The Morgan fingerprint density at radius 3 is 2.50 bits per heavy atom. The molecule has 3 rings (SSSR count). The van der Waals surface area contributed by atoms with Gasteiger partial charge in [0, 0.05) is 23.5 Å². The Kier molecular flexibility index (Phi) is 6.97. The van der Waals surface area contributed by atoms with Gasteiger partial charge in [-0.05, 0) is 17.2 Å². The lowest BCUT2D eigenvalue weighted by molar-refractivity contribution is -0.120. The lowest BCUT2D eigenvalue weighted by Gasteiger charge is -2.10. The molecular formula is C21H21BrN4O2. The van der Waals surface area contributed by atoms with Crippen LogP contribution in [0.5, 0.6) is 0 Å². The van der Waals surface area contributed by atoms with E-state index >= 15 is 0 Å². The SMILES string of the molecule is O=C(Cc1ccccc1)NCCC(=O)Nc1ccnn1Cc1ccccc1Br. The molecule has 0 saturated heterocycles.